The average Bonchev–Trinajstić information content (AvgIpc) is 2.71. The lowest BCUT2D eigenvalue weighted by Gasteiger charge is -2.33. The van der Waals surface area contributed by atoms with Crippen LogP contribution in [0.1, 0.15) is 44.7 Å². The van der Waals surface area contributed by atoms with Crippen LogP contribution in [0.2, 0.25) is 5.02 Å². The maximum absolute atomic E-state index is 12.6. The van der Waals surface area contributed by atoms with Crippen LogP contribution in [0, 0.1) is 11.3 Å². The molecule has 1 aromatic heterocycles. The number of nitrogens with zero attached hydrogens (tertiary/aromatic N) is 3. The monoisotopic (exact) mass is 443 g/mol. The fourth-order valence-electron chi connectivity index (χ4n) is 3.34. The van der Waals surface area contributed by atoms with Crippen LogP contribution in [0.3, 0.4) is 0 Å². The van der Waals surface area contributed by atoms with Crippen molar-refractivity contribution in [3.63, 3.8) is 0 Å². The predicted molar refractivity (Wildman–Crippen MR) is 117 cm³/mol. The Morgan fingerprint density at radius 3 is 2.61 bits per heavy atom. The summed E-state index contributed by atoms with van der Waals surface area (Å²) in [6.07, 6.45) is 2.33. The number of carbonyl (C=O) groups is 1. The number of likely N-dealkylation sites (tertiary alicyclic amines) is 1. The van der Waals surface area contributed by atoms with Crippen LogP contribution in [0.15, 0.2) is 41.3 Å². The Hall–Kier alpha value is -2.98. The van der Waals surface area contributed by atoms with E-state index in [9.17, 15) is 9.59 Å². The summed E-state index contributed by atoms with van der Waals surface area (Å²) in [4.78, 5) is 26.4. The van der Waals surface area contributed by atoms with Crippen LogP contribution < -0.4 is 10.3 Å². The van der Waals surface area contributed by atoms with E-state index in [1.54, 1.807) is 29.3 Å². The van der Waals surface area contributed by atoms with E-state index in [0.717, 1.165) is 5.56 Å². The molecule has 1 saturated heterocycles. The van der Waals surface area contributed by atoms with Gasteiger partial charge in [0, 0.05) is 38.2 Å². The number of nitriles is 1. The molecule has 1 aromatic carbocycles. The highest BCUT2D eigenvalue weighted by Crippen LogP contribution is 2.26. The third-order valence-electron chi connectivity index (χ3n) is 4.84. The van der Waals surface area contributed by atoms with Gasteiger partial charge in [0.2, 0.25) is 0 Å². The van der Waals surface area contributed by atoms with E-state index >= 15 is 0 Å². The topological polar surface area (TPSA) is 84.6 Å². The molecule has 0 radical (unpaired) electrons. The summed E-state index contributed by atoms with van der Waals surface area (Å²) >= 11 is 6.38. The third-order valence-corrected chi connectivity index (χ3v) is 5.12. The molecule has 2 aromatic rings. The number of ether oxygens (including phenoxy) is 2. The van der Waals surface area contributed by atoms with Gasteiger partial charge in [0.25, 0.3) is 5.56 Å². The Morgan fingerprint density at radius 1 is 1.26 bits per heavy atom. The zero-order chi connectivity index (χ0) is 22.6. The summed E-state index contributed by atoms with van der Waals surface area (Å²) in [5.41, 5.74) is 0.598. The second kappa shape index (κ2) is 9.44. The molecular formula is C23H26ClN3O4. The first-order chi connectivity index (χ1) is 14.6. The first-order valence-corrected chi connectivity index (χ1v) is 10.6. The predicted octanol–water partition coefficient (Wildman–Crippen LogP) is 4.20. The number of benzene rings is 1. The van der Waals surface area contributed by atoms with E-state index in [-0.39, 0.29) is 17.8 Å². The molecular weight excluding hydrogens is 418 g/mol. The van der Waals surface area contributed by atoms with E-state index in [1.165, 1.54) is 10.6 Å². The number of halogens is 1. The van der Waals surface area contributed by atoms with Gasteiger partial charge in [-0.2, -0.15) is 5.26 Å². The molecule has 31 heavy (non-hydrogen) atoms. The van der Waals surface area contributed by atoms with Crippen molar-refractivity contribution >= 4 is 17.7 Å². The van der Waals surface area contributed by atoms with Crippen LogP contribution in [-0.4, -0.2) is 40.4 Å². The summed E-state index contributed by atoms with van der Waals surface area (Å²) in [6.45, 7) is 6.86. The molecule has 0 N–H and O–H groups in total. The van der Waals surface area contributed by atoms with Crippen LogP contribution in [0.4, 0.5) is 4.79 Å². The first kappa shape index (κ1) is 22.7. The van der Waals surface area contributed by atoms with E-state index in [0.29, 0.717) is 48.8 Å². The van der Waals surface area contributed by atoms with Gasteiger partial charge >= 0.3 is 6.09 Å². The summed E-state index contributed by atoms with van der Waals surface area (Å²) < 4.78 is 12.9. The number of piperidine rings is 1. The molecule has 0 aliphatic carbocycles. The molecule has 0 unspecified atom stereocenters. The van der Waals surface area contributed by atoms with E-state index in [2.05, 4.69) is 6.07 Å². The maximum Gasteiger partial charge on any atom is 0.410 e. The van der Waals surface area contributed by atoms with Gasteiger partial charge < -0.3 is 18.9 Å². The number of rotatable bonds is 4. The van der Waals surface area contributed by atoms with Crippen molar-refractivity contribution in [2.75, 3.05) is 13.1 Å². The second-order valence-corrected chi connectivity index (χ2v) is 8.96. The van der Waals surface area contributed by atoms with Crippen molar-refractivity contribution < 1.29 is 14.3 Å². The molecule has 7 nitrogen and oxygen atoms in total. The Balaban J connectivity index is 1.62. The Labute approximate surface area is 186 Å². The van der Waals surface area contributed by atoms with Crippen molar-refractivity contribution in [2.24, 2.45) is 0 Å². The van der Waals surface area contributed by atoms with Crippen molar-refractivity contribution in [1.82, 2.24) is 9.47 Å². The molecule has 0 saturated carbocycles. The molecule has 1 fully saturated rings. The van der Waals surface area contributed by atoms with Gasteiger partial charge in [-0.15, -0.1) is 0 Å². The van der Waals surface area contributed by atoms with Gasteiger partial charge in [-0.1, -0.05) is 23.7 Å². The minimum atomic E-state index is -0.530. The maximum atomic E-state index is 12.6. The molecule has 0 atom stereocenters. The molecule has 1 amide bonds. The van der Waals surface area contributed by atoms with Gasteiger partial charge in [-0.05, 0) is 38.5 Å². The quantitative estimate of drug-likeness (QED) is 0.707. The van der Waals surface area contributed by atoms with Gasteiger partial charge in [-0.3, -0.25) is 4.79 Å². The zero-order valence-electron chi connectivity index (χ0n) is 17.9. The number of carbonyl (C=O) groups excluding carboxylic acids is 1. The minimum Gasteiger partial charge on any atom is -0.488 e. The lowest BCUT2D eigenvalue weighted by molar-refractivity contribution is 0.0126. The van der Waals surface area contributed by atoms with Gasteiger partial charge in [-0.25, -0.2) is 4.79 Å². The number of hydrogen-bond donors (Lipinski definition) is 0. The largest absolute Gasteiger partial charge is 0.488 e. The Morgan fingerprint density at radius 2 is 1.97 bits per heavy atom. The SMILES string of the molecule is CC(C)(C)OC(=O)N1CCC(Oc2cc(=O)n(Cc3cccc(C#N)c3)cc2Cl)CC1. The molecule has 3 rings (SSSR count). The minimum absolute atomic E-state index is 0.140. The fraction of sp³-hybridized carbons (Fsp3) is 0.435. The van der Waals surface area contributed by atoms with Gasteiger partial charge in [0.1, 0.15) is 17.5 Å². The molecule has 1 aliphatic rings. The van der Waals surface area contributed by atoms with Gasteiger partial charge in [0.05, 0.1) is 23.2 Å². The van der Waals surface area contributed by atoms with Crippen LogP contribution in [0.25, 0.3) is 0 Å². The number of amides is 1. The van der Waals surface area contributed by atoms with E-state index in [4.69, 9.17) is 26.3 Å². The standard InChI is InChI=1S/C23H26ClN3O4/c1-23(2,3)31-22(29)26-9-7-18(8-10-26)30-20-12-21(28)27(15-19(20)24)14-17-6-4-5-16(11-17)13-25/h4-6,11-12,15,18H,7-10,14H2,1-3H3. The number of hydrogen-bond acceptors (Lipinski definition) is 5. The van der Waals surface area contributed by atoms with E-state index < -0.39 is 5.60 Å². The lowest BCUT2D eigenvalue weighted by Crippen LogP contribution is -2.44. The molecule has 0 spiro atoms. The fourth-order valence-corrected chi connectivity index (χ4v) is 3.56. The van der Waals surface area contributed by atoms with Gasteiger partial charge in [0.15, 0.2) is 0 Å². The highest BCUT2D eigenvalue weighted by atomic mass is 35.5. The van der Waals surface area contributed by atoms with Crippen molar-refractivity contribution in [3.05, 3.63) is 63.0 Å². The summed E-state index contributed by atoms with van der Waals surface area (Å²) in [6, 6.07) is 10.6. The highest BCUT2D eigenvalue weighted by molar-refractivity contribution is 6.31. The van der Waals surface area contributed by atoms with Crippen molar-refractivity contribution in [1.29, 1.82) is 5.26 Å². The summed E-state index contributed by atoms with van der Waals surface area (Å²) in [5.74, 6) is 0.337. The lowest BCUT2D eigenvalue weighted by atomic mass is 10.1. The van der Waals surface area contributed by atoms with Crippen LogP contribution in [-0.2, 0) is 11.3 Å². The van der Waals surface area contributed by atoms with Crippen molar-refractivity contribution in [2.45, 2.75) is 51.9 Å². The molecule has 8 heteroatoms. The third kappa shape index (κ3) is 6.25. The Bertz CT molecular complexity index is 1040. The normalized spacial score (nSPS) is 14.7. The summed E-state index contributed by atoms with van der Waals surface area (Å²) in [5, 5.41) is 9.37. The summed E-state index contributed by atoms with van der Waals surface area (Å²) in [7, 11) is 0. The number of pyridine rings is 1. The van der Waals surface area contributed by atoms with E-state index in [1.807, 2.05) is 26.8 Å². The van der Waals surface area contributed by atoms with Crippen LogP contribution >= 0.6 is 11.6 Å². The molecule has 0 bridgehead atoms. The molecule has 2 heterocycles. The second-order valence-electron chi connectivity index (χ2n) is 8.55. The average molecular weight is 444 g/mol. The smallest absolute Gasteiger partial charge is 0.410 e. The first-order valence-electron chi connectivity index (χ1n) is 10.2. The zero-order valence-corrected chi connectivity index (χ0v) is 18.7. The van der Waals surface area contributed by atoms with Crippen LogP contribution in [0.5, 0.6) is 5.75 Å². The number of aromatic nitrogens is 1. The molecule has 1 aliphatic heterocycles. The highest BCUT2D eigenvalue weighted by Gasteiger charge is 2.28. The Kier molecular flexibility index (Phi) is 6.91. The molecule has 164 valence electrons. The van der Waals surface area contributed by atoms with Crippen molar-refractivity contribution in [3.8, 4) is 11.8 Å².